The summed E-state index contributed by atoms with van der Waals surface area (Å²) < 4.78 is 68.7. The number of fused-ring (bicyclic) bond motifs is 1. The number of carbonyl (C=O) groups is 4. The van der Waals surface area contributed by atoms with Crippen LogP contribution in [0.4, 0.5) is 26.3 Å². The van der Waals surface area contributed by atoms with Crippen LogP contribution in [0.3, 0.4) is 0 Å². The molecule has 38 heavy (non-hydrogen) atoms. The van der Waals surface area contributed by atoms with Crippen LogP contribution in [0.1, 0.15) is 18.9 Å². The number of methoxy groups -OCH3 is 1. The summed E-state index contributed by atoms with van der Waals surface area (Å²) in [7, 11) is 3.29. The van der Waals surface area contributed by atoms with Crippen LogP contribution in [-0.4, -0.2) is 95.4 Å². The predicted molar refractivity (Wildman–Crippen MR) is 118 cm³/mol. The van der Waals surface area contributed by atoms with Crippen molar-refractivity contribution < 1.29 is 60.5 Å². The van der Waals surface area contributed by atoms with Gasteiger partial charge in [-0.15, -0.1) is 0 Å². The minimum atomic E-state index is -5.08. The number of halogens is 6. The standard InChI is InChI=1S/C18H25N3O3.2C2HF3O2/c1-12(22)21-16(18(23)19-2)8-14-10-20(11-17(14)21)9-13-4-6-15(24-3)7-5-13;2*3-2(4,5)1(6)7/h4-7,14,16-17H,8-11H2,1-3H3,(H,19,23);2*(H,6,7)/t14-,16-,17+;;/m0../s1. The number of alkyl halides is 6. The number of ether oxygens (including phenoxy) is 1. The molecular formula is C22H27F6N3O7. The fraction of sp³-hybridized carbons (Fsp3) is 0.545. The van der Waals surface area contributed by atoms with Crippen molar-refractivity contribution in [2.45, 2.75) is 44.3 Å². The number of carboxylic acids is 2. The number of carboxylic acid groups (broad SMARTS) is 2. The molecule has 1 aromatic carbocycles. The molecule has 16 heteroatoms. The SMILES string of the molecule is CNC(=O)[C@@H]1C[C@H]2CN(Cc3ccc(OC)cc3)C[C@H]2N1C(C)=O.O=C(O)C(F)(F)F.O=C(O)C(F)(F)F. The lowest BCUT2D eigenvalue weighted by atomic mass is 10.0. The van der Waals surface area contributed by atoms with Crippen LogP contribution in [0.25, 0.3) is 0 Å². The maximum Gasteiger partial charge on any atom is 0.490 e. The average molecular weight is 559 g/mol. The second kappa shape index (κ2) is 13.3. The van der Waals surface area contributed by atoms with Crippen molar-refractivity contribution in [3.05, 3.63) is 29.8 Å². The first kappa shape index (κ1) is 32.5. The van der Waals surface area contributed by atoms with Crippen LogP contribution in [0.2, 0.25) is 0 Å². The topological polar surface area (TPSA) is 136 Å². The van der Waals surface area contributed by atoms with Crippen LogP contribution in [-0.2, 0) is 25.7 Å². The highest BCUT2D eigenvalue weighted by Gasteiger charge is 2.49. The number of nitrogens with zero attached hydrogens (tertiary/aromatic N) is 2. The highest BCUT2D eigenvalue weighted by molar-refractivity contribution is 5.87. The van der Waals surface area contributed by atoms with Gasteiger partial charge in [0.15, 0.2) is 0 Å². The van der Waals surface area contributed by atoms with E-state index < -0.39 is 24.3 Å². The Kier molecular flexibility index (Phi) is 11.4. The number of aliphatic carboxylic acids is 2. The van der Waals surface area contributed by atoms with Crippen molar-refractivity contribution in [3.8, 4) is 5.75 Å². The number of hydrogen-bond donors (Lipinski definition) is 3. The molecule has 2 fully saturated rings. The van der Waals surface area contributed by atoms with Crippen molar-refractivity contribution in [1.29, 1.82) is 0 Å². The first-order valence-corrected chi connectivity index (χ1v) is 10.9. The zero-order valence-corrected chi connectivity index (χ0v) is 20.5. The van der Waals surface area contributed by atoms with Gasteiger partial charge in [-0.1, -0.05) is 12.1 Å². The maximum atomic E-state index is 12.1. The van der Waals surface area contributed by atoms with E-state index in [1.807, 2.05) is 12.1 Å². The van der Waals surface area contributed by atoms with E-state index >= 15 is 0 Å². The maximum absolute atomic E-state index is 12.1. The predicted octanol–water partition coefficient (Wildman–Crippen LogP) is 2.13. The van der Waals surface area contributed by atoms with Crippen molar-refractivity contribution in [2.75, 3.05) is 27.2 Å². The van der Waals surface area contributed by atoms with Crippen LogP contribution in [0.5, 0.6) is 5.75 Å². The van der Waals surface area contributed by atoms with Crippen LogP contribution in [0, 0.1) is 5.92 Å². The lowest BCUT2D eigenvalue weighted by Gasteiger charge is -2.28. The highest BCUT2D eigenvalue weighted by Crippen LogP contribution is 2.36. The van der Waals surface area contributed by atoms with E-state index in [0.29, 0.717) is 5.92 Å². The Morgan fingerprint density at radius 3 is 1.82 bits per heavy atom. The van der Waals surface area contributed by atoms with Gasteiger partial charge < -0.3 is 25.2 Å². The molecule has 0 aromatic heterocycles. The van der Waals surface area contributed by atoms with Crippen molar-refractivity contribution >= 4 is 23.8 Å². The third-order valence-electron chi connectivity index (χ3n) is 5.66. The van der Waals surface area contributed by atoms with E-state index in [1.165, 1.54) is 5.56 Å². The van der Waals surface area contributed by atoms with E-state index in [-0.39, 0.29) is 23.9 Å². The average Bonchev–Trinajstić information content (AvgIpc) is 3.35. The Hall–Kier alpha value is -3.56. The number of benzene rings is 1. The molecule has 2 aliphatic rings. The summed E-state index contributed by atoms with van der Waals surface area (Å²) in [4.78, 5) is 46.1. The molecule has 2 heterocycles. The Bertz CT molecular complexity index is 961. The summed E-state index contributed by atoms with van der Waals surface area (Å²) in [5.41, 5.74) is 1.23. The Morgan fingerprint density at radius 2 is 1.45 bits per heavy atom. The minimum Gasteiger partial charge on any atom is -0.497 e. The first-order chi connectivity index (χ1) is 17.4. The molecule has 0 unspecified atom stereocenters. The third kappa shape index (κ3) is 9.39. The highest BCUT2D eigenvalue weighted by atomic mass is 19.4. The molecule has 1 aromatic rings. The summed E-state index contributed by atoms with van der Waals surface area (Å²) in [6.45, 7) is 4.16. The van der Waals surface area contributed by atoms with E-state index in [1.54, 1.807) is 26.0 Å². The molecule has 0 radical (unpaired) electrons. The number of carbonyl (C=O) groups excluding carboxylic acids is 2. The molecule has 3 N–H and O–H groups in total. The molecule has 0 bridgehead atoms. The molecular weight excluding hydrogens is 532 g/mol. The zero-order valence-electron chi connectivity index (χ0n) is 20.5. The second-order valence-electron chi connectivity index (χ2n) is 8.27. The summed E-state index contributed by atoms with van der Waals surface area (Å²) in [6, 6.07) is 7.91. The zero-order chi connectivity index (χ0) is 29.4. The van der Waals surface area contributed by atoms with Gasteiger partial charge in [-0.25, -0.2) is 9.59 Å². The lowest BCUT2D eigenvalue weighted by Crippen LogP contribution is -2.49. The van der Waals surface area contributed by atoms with Gasteiger partial charge in [-0.2, -0.15) is 26.3 Å². The van der Waals surface area contributed by atoms with E-state index in [2.05, 4.69) is 22.3 Å². The first-order valence-electron chi connectivity index (χ1n) is 10.9. The minimum absolute atomic E-state index is 0.0117. The lowest BCUT2D eigenvalue weighted by molar-refractivity contribution is -0.193. The summed E-state index contributed by atoms with van der Waals surface area (Å²) >= 11 is 0. The number of nitrogens with one attached hydrogen (secondary N) is 1. The van der Waals surface area contributed by atoms with E-state index in [9.17, 15) is 35.9 Å². The van der Waals surface area contributed by atoms with Gasteiger partial charge in [0.1, 0.15) is 11.8 Å². The molecule has 2 amide bonds. The van der Waals surface area contributed by atoms with Crippen molar-refractivity contribution in [2.24, 2.45) is 5.92 Å². The van der Waals surface area contributed by atoms with Crippen molar-refractivity contribution in [3.63, 3.8) is 0 Å². The number of likely N-dealkylation sites (N-methyl/N-ethyl adjacent to an activating group) is 1. The van der Waals surface area contributed by atoms with Crippen LogP contribution < -0.4 is 10.1 Å². The monoisotopic (exact) mass is 559 g/mol. The molecule has 2 aliphatic heterocycles. The number of amides is 2. The summed E-state index contributed by atoms with van der Waals surface area (Å²) in [5.74, 6) is -4.36. The Labute approximate surface area is 213 Å². The molecule has 0 aliphatic carbocycles. The van der Waals surface area contributed by atoms with E-state index in [4.69, 9.17) is 24.5 Å². The fourth-order valence-corrected chi connectivity index (χ4v) is 4.09. The molecule has 214 valence electrons. The number of rotatable bonds is 4. The van der Waals surface area contributed by atoms with Gasteiger partial charge in [0, 0.05) is 39.6 Å². The van der Waals surface area contributed by atoms with Crippen LogP contribution in [0.15, 0.2) is 24.3 Å². The normalized spacial score (nSPS) is 20.8. The molecule has 0 spiro atoms. The number of hydrogen-bond acceptors (Lipinski definition) is 6. The quantitative estimate of drug-likeness (QED) is 0.478. The molecule has 2 saturated heterocycles. The Balaban J connectivity index is 0.000000426. The summed E-state index contributed by atoms with van der Waals surface area (Å²) in [5, 5.41) is 16.9. The van der Waals surface area contributed by atoms with Gasteiger partial charge in [0.05, 0.1) is 7.11 Å². The second-order valence-corrected chi connectivity index (χ2v) is 8.27. The molecule has 3 rings (SSSR count). The summed E-state index contributed by atoms with van der Waals surface area (Å²) in [6.07, 6.45) is -9.41. The van der Waals surface area contributed by atoms with Gasteiger partial charge >= 0.3 is 24.3 Å². The number of likely N-dealkylation sites (tertiary alicyclic amines) is 2. The van der Waals surface area contributed by atoms with Gasteiger partial charge in [0.2, 0.25) is 11.8 Å². The third-order valence-corrected chi connectivity index (χ3v) is 5.66. The largest absolute Gasteiger partial charge is 0.497 e. The molecule has 3 atom stereocenters. The van der Waals surface area contributed by atoms with E-state index in [0.717, 1.165) is 31.8 Å². The van der Waals surface area contributed by atoms with Gasteiger partial charge in [0.25, 0.3) is 0 Å². The van der Waals surface area contributed by atoms with Gasteiger partial charge in [-0.3, -0.25) is 14.5 Å². The Morgan fingerprint density at radius 1 is 0.974 bits per heavy atom. The smallest absolute Gasteiger partial charge is 0.490 e. The van der Waals surface area contributed by atoms with Crippen LogP contribution >= 0.6 is 0 Å². The molecule has 10 nitrogen and oxygen atoms in total. The van der Waals surface area contributed by atoms with Crippen molar-refractivity contribution in [1.82, 2.24) is 15.1 Å². The molecule has 0 saturated carbocycles. The fourth-order valence-electron chi connectivity index (χ4n) is 4.09. The van der Waals surface area contributed by atoms with Gasteiger partial charge in [-0.05, 0) is 30.0 Å².